The SMILES string of the molecule is CC(C)Nc1ncc(C(=O)N2CCC[C@@H](Cc3nc4ccccc4[nH]3)C2)cn1. The third-order valence-electron chi connectivity index (χ3n) is 5.04. The van der Waals surface area contributed by atoms with Crippen LogP contribution in [0.3, 0.4) is 0 Å². The molecule has 0 unspecified atom stereocenters. The molecular weight excluding hydrogens is 352 g/mol. The van der Waals surface area contributed by atoms with E-state index in [1.54, 1.807) is 12.4 Å². The number of benzene rings is 1. The van der Waals surface area contributed by atoms with E-state index in [0.717, 1.165) is 49.2 Å². The Morgan fingerprint density at radius 2 is 2.07 bits per heavy atom. The maximum Gasteiger partial charge on any atom is 0.257 e. The second-order valence-corrected chi connectivity index (χ2v) is 7.76. The molecule has 3 heterocycles. The summed E-state index contributed by atoms with van der Waals surface area (Å²) in [6.07, 6.45) is 6.19. The van der Waals surface area contributed by atoms with E-state index in [2.05, 4.69) is 25.3 Å². The number of nitrogens with one attached hydrogen (secondary N) is 2. The van der Waals surface area contributed by atoms with Crippen LogP contribution in [-0.2, 0) is 6.42 Å². The van der Waals surface area contributed by atoms with E-state index in [0.29, 0.717) is 17.4 Å². The number of carbonyl (C=O) groups excluding carboxylic acids is 1. The summed E-state index contributed by atoms with van der Waals surface area (Å²) in [4.78, 5) is 31.4. The van der Waals surface area contributed by atoms with Crippen molar-refractivity contribution in [3.05, 3.63) is 48.0 Å². The van der Waals surface area contributed by atoms with Crippen molar-refractivity contribution in [3.63, 3.8) is 0 Å². The number of H-pyrrole nitrogens is 1. The minimum absolute atomic E-state index is 0.00500. The predicted octanol–water partition coefficient (Wildman–Crippen LogP) is 3.27. The first-order valence-electron chi connectivity index (χ1n) is 9.90. The van der Waals surface area contributed by atoms with Crippen LogP contribution in [0, 0.1) is 5.92 Å². The van der Waals surface area contributed by atoms with Crippen LogP contribution in [0.4, 0.5) is 5.95 Å². The third kappa shape index (κ3) is 4.13. The molecule has 0 bridgehead atoms. The Bertz CT molecular complexity index is 916. The number of piperidine rings is 1. The summed E-state index contributed by atoms with van der Waals surface area (Å²) in [5.74, 6) is 1.95. The van der Waals surface area contributed by atoms with Gasteiger partial charge in [-0.3, -0.25) is 4.79 Å². The van der Waals surface area contributed by atoms with Crippen molar-refractivity contribution in [3.8, 4) is 0 Å². The lowest BCUT2D eigenvalue weighted by molar-refractivity contribution is 0.0671. The summed E-state index contributed by atoms with van der Waals surface area (Å²) >= 11 is 0. The fourth-order valence-electron chi connectivity index (χ4n) is 3.75. The number of amides is 1. The van der Waals surface area contributed by atoms with Gasteiger partial charge in [0.05, 0.1) is 16.6 Å². The molecule has 1 atom stereocenters. The molecule has 3 aromatic rings. The van der Waals surface area contributed by atoms with Crippen LogP contribution in [0.25, 0.3) is 11.0 Å². The molecule has 4 rings (SSSR count). The lowest BCUT2D eigenvalue weighted by atomic mass is 9.94. The van der Waals surface area contributed by atoms with Gasteiger partial charge in [0.2, 0.25) is 5.95 Å². The number of fused-ring (bicyclic) bond motifs is 1. The third-order valence-corrected chi connectivity index (χ3v) is 5.04. The molecule has 28 heavy (non-hydrogen) atoms. The Morgan fingerprint density at radius 1 is 1.29 bits per heavy atom. The van der Waals surface area contributed by atoms with E-state index in [-0.39, 0.29) is 11.9 Å². The first kappa shape index (κ1) is 18.4. The van der Waals surface area contributed by atoms with Gasteiger partial charge in [-0.15, -0.1) is 0 Å². The molecule has 1 amide bonds. The highest BCUT2D eigenvalue weighted by atomic mass is 16.2. The monoisotopic (exact) mass is 378 g/mol. The zero-order chi connectivity index (χ0) is 19.5. The molecule has 0 saturated carbocycles. The molecule has 0 radical (unpaired) electrons. The van der Waals surface area contributed by atoms with Crippen molar-refractivity contribution in [1.82, 2.24) is 24.8 Å². The van der Waals surface area contributed by atoms with Gasteiger partial charge in [-0.05, 0) is 44.7 Å². The summed E-state index contributed by atoms with van der Waals surface area (Å²) in [5.41, 5.74) is 2.60. The molecule has 146 valence electrons. The van der Waals surface area contributed by atoms with Gasteiger partial charge in [-0.2, -0.15) is 0 Å². The van der Waals surface area contributed by atoms with E-state index >= 15 is 0 Å². The fourth-order valence-corrected chi connectivity index (χ4v) is 3.75. The molecule has 1 fully saturated rings. The lowest BCUT2D eigenvalue weighted by Crippen LogP contribution is -2.40. The average molecular weight is 378 g/mol. The Morgan fingerprint density at radius 3 is 2.82 bits per heavy atom. The van der Waals surface area contributed by atoms with Gasteiger partial charge < -0.3 is 15.2 Å². The van der Waals surface area contributed by atoms with Crippen LogP contribution in [-0.4, -0.2) is 49.9 Å². The number of carbonyl (C=O) groups is 1. The van der Waals surface area contributed by atoms with Crippen LogP contribution in [0.2, 0.25) is 0 Å². The summed E-state index contributed by atoms with van der Waals surface area (Å²) < 4.78 is 0. The maximum absolute atomic E-state index is 12.9. The van der Waals surface area contributed by atoms with Crippen LogP contribution in [0.5, 0.6) is 0 Å². The number of para-hydroxylation sites is 2. The Labute approximate surface area is 164 Å². The van der Waals surface area contributed by atoms with Crippen molar-refractivity contribution >= 4 is 22.9 Å². The Kier molecular flexibility index (Phi) is 5.23. The van der Waals surface area contributed by atoms with Crippen LogP contribution in [0.15, 0.2) is 36.7 Å². The molecule has 7 heteroatoms. The normalized spacial score (nSPS) is 17.2. The second kappa shape index (κ2) is 7.96. The first-order chi connectivity index (χ1) is 13.6. The number of aromatic amines is 1. The quantitative estimate of drug-likeness (QED) is 0.712. The minimum atomic E-state index is 0.00500. The molecule has 0 aliphatic carbocycles. The maximum atomic E-state index is 12.9. The van der Waals surface area contributed by atoms with Gasteiger partial charge in [0, 0.05) is 37.9 Å². The minimum Gasteiger partial charge on any atom is -0.352 e. The van der Waals surface area contributed by atoms with Gasteiger partial charge in [-0.1, -0.05) is 12.1 Å². The highest BCUT2D eigenvalue weighted by Gasteiger charge is 2.26. The number of nitrogens with zero attached hydrogens (tertiary/aromatic N) is 4. The van der Waals surface area contributed by atoms with E-state index < -0.39 is 0 Å². The molecule has 0 spiro atoms. The zero-order valence-corrected chi connectivity index (χ0v) is 16.4. The summed E-state index contributed by atoms with van der Waals surface area (Å²) in [6.45, 7) is 5.57. The second-order valence-electron chi connectivity index (χ2n) is 7.76. The zero-order valence-electron chi connectivity index (χ0n) is 16.4. The fraction of sp³-hybridized carbons (Fsp3) is 0.429. The topological polar surface area (TPSA) is 86.8 Å². The highest BCUT2D eigenvalue weighted by Crippen LogP contribution is 2.22. The van der Waals surface area contributed by atoms with Crippen molar-refractivity contribution < 1.29 is 4.79 Å². The number of hydrogen-bond acceptors (Lipinski definition) is 5. The largest absolute Gasteiger partial charge is 0.352 e. The van der Waals surface area contributed by atoms with Crippen molar-refractivity contribution in [2.45, 2.75) is 39.2 Å². The van der Waals surface area contributed by atoms with Crippen molar-refractivity contribution in [2.24, 2.45) is 5.92 Å². The first-order valence-corrected chi connectivity index (χ1v) is 9.90. The van der Waals surface area contributed by atoms with Crippen LogP contribution >= 0.6 is 0 Å². The average Bonchev–Trinajstić information content (AvgIpc) is 3.10. The summed E-state index contributed by atoms with van der Waals surface area (Å²) in [7, 11) is 0. The standard InChI is InChI=1S/C21H26N6O/c1-14(2)24-21-22-11-16(12-23-21)20(28)27-9-5-6-15(13-27)10-19-25-17-7-3-4-8-18(17)26-19/h3-4,7-8,11-12,14-15H,5-6,9-10,13H2,1-2H3,(H,25,26)(H,22,23,24)/t15-/m0/s1. The van der Waals surface area contributed by atoms with Crippen LogP contribution < -0.4 is 5.32 Å². The van der Waals surface area contributed by atoms with E-state index in [1.165, 1.54) is 0 Å². The number of hydrogen-bond donors (Lipinski definition) is 2. The molecule has 2 N–H and O–H groups in total. The smallest absolute Gasteiger partial charge is 0.257 e. The van der Waals surface area contributed by atoms with Gasteiger partial charge in [0.15, 0.2) is 0 Å². The van der Waals surface area contributed by atoms with Gasteiger partial charge >= 0.3 is 0 Å². The number of rotatable bonds is 5. The number of anilines is 1. The Hall–Kier alpha value is -2.96. The summed E-state index contributed by atoms with van der Waals surface area (Å²) in [6, 6.07) is 8.32. The molecule has 1 aliphatic rings. The van der Waals surface area contributed by atoms with E-state index in [9.17, 15) is 4.79 Å². The van der Waals surface area contributed by atoms with Crippen LogP contribution in [0.1, 0.15) is 42.9 Å². The number of imidazole rings is 1. The highest BCUT2D eigenvalue weighted by molar-refractivity contribution is 5.93. The van der Waals surface area contributed by atoms with Crippen molar-refractivity contribution in [1.29, 1.82) is 0 Å². The molecule has 1 saturated heterocycles. The van der Waals surface area contributed by atoms with Crippen molar-refractivity contribution in [2.75, 3.05) is 18.4 Å². The number of aromatic nitrogens is 4. The lowest BCUT2D eigenvalue weighted by Gasteiger charge is -2.32. The Balaban J connectivity index is 1.40. The molecule has 1 aliphatic heterocycles. The molecule has 1 aromatic carbocycles. The predicted molar refractivity (Wildman–Crippen MR) is 109 cm³/mol. The number of likely N-dealkylation sites (tertiary alicyclic amines) is 1. The summed E-state index contributed by atoms with van der Waals surface area (Å²) in [5, 5.41) is 3.14. The van der Waals surface area contributed by atoms with E-state index in [4.69, 9.17) is 0 Å². The van der Waals surface area contributed by atoms with E-state index in [1.807, 2.05) is 43.0 Å². The molecular formula is C21H26N6O. The van der Waals surface area contributed by atoms with Gasteiger partial charge in [-0.25, -0.2) is 15.0 Å². The molecule has 2 aromatic heterocycles. The van der Waals surface area contributed by atoms with Gasteiger partial charge in [0.1, 0.15) is 5.82 Å². The molecule has 7 nitrogen and oxygen atoms in total. The van der Waals surface area contributed by atoms with Gasteiger partial charge in [0.25, 0.3) is 5.91 Å².